The summed E-state index contributed by atoms with van der Waals surface area (Å²) >= 11 is 6.08. The average molecular weight is 649 g/mol. The Morgan fingerprint density at radius 3 is 2.60 bits per heavy atom. The molecular formula is C31H42ClFN6O6. The number of anilines is 1. The summed E-state index contributed by atoms with van der Waals surface area (Å²) < 4.78 is 38.0. The van der Waals surface area contributed by atoms with Crippen molar-refractivity contribution < 1.29 is 32.9 Å². The van der Waals surface area contributed by atoms with Gasteiger partial charge in [-0.05, 0) is 72.8 Å². The topological polar surface area (TPSA) is 119 Å². The summed E-state index contributed by atoms with van der Waals surface area (Å²) in [4.78, 5) is 44.4. The molecule has 2 unspecified atom stereocenters. The first-order valence-corrected chi connectivity index (χ1v) is 16.3. The van der Waals surface area contributed by atoms with Crippen LogP contribution in [-0.2, 0) is 19.0 Å². The highest BCUT2D eigenvalue weighted by Gasteiger charge is 2.50. The number of aromatic nitrogens is 3. The maximum absolute atomic E-state index is 15.4. The average Bonchev–Trinajstić information content (AvgIpc) is 3.63. The summed E-state index contributed by atoms with van der Waals surface area (Å²) in [5, 5.41) is 0.171. The molecule has 0 spiro atoms. The molecule has 1 amide bonds. The van der Waals surface area contributed by atoms with Gasteiger partial charge in [-0.1, -0.05) is 11.6 Å². The summed E-state index contributed by atoms with van der Waals surface area (Å²) in [6.45, 7) is 10.3. The Balaban J connectivity index is 1.20. The predicted octanol–water partition coefficient (Wildman–Crippen LogP) is 4.36. The number of rotatable bonds is 9. The first-order chi connectivity index (χ1) is 21.5. The van der Waals surface area contributed by atoms with Gasteiger partial charge in [0.1, 0.15) is 30.1 Å². The van der Waals surface area contributed by atoms with Crippen LogP contribution in [0.2, 0.25) is 5.15 Å². The number of esters is 1. The monoisotopic (exact) mass is 648 g/mol. The normalized spacial score (nSPS) is 26.4. The number of halogens is 2. The molecule has 0 aliphatic carbocycles. The molecule has 2 aromatic rings. The zero-order valence-corrected chi connectivity index (χ0v) is 27.1. The third-order valence-corrected chi connectivity index (χ3v) is 9.59. The van der Waals surface area contributed by atoms with E-state index in [1.54, 1.807) is 6.92 Å². The first-order valence-electron chi connectivity index (χ1n) is 15.9. The van der Waals surface area contributed by atoms with E-state index in [0.29, 0.717) is 44.1 Å². The lowest BCUT2D eigenvalue weighted by atomic mass is 9.95. The van der Waals surface area contributed by atoms with Gasteiger partial charge in [0.2, 0.25) is 0 Å². The lowest BCUT2D eigenvalue weighted by Crippen LogP contribution is -2.57. The van der Waals surface area contributed by atoms with Crippen molar-refractivity contribution in [2.75, 3.05) is 51.0 Å². The number of carbonyl (C=O) groups excluding carboxylic acids is 2. The van der Waals surface area contributed by atoms with Gasteiger partial charge in [0, 0.05) is 25.3 Å². The third kappa shape index (κ3) is 6.48. The van der Waals surface area contributed by atoms with E-state index in [2.05, 4.69) is 19.8 Å². The second kappa shape index (κ2) is 12.6. The molecule has 4 aliphatic heterocycles. The molecular weight excluding hydrogens is 607 g/mol. The van der Waals surface area contributed by atoms with Crippen LogP contribution in [0.1, 0.15) is 66.2 Å². The van der Waals surface area contributed by atoms with Gasteiger partial charge in [0.15, 0.2) is 11.0 Å². The van der Waals surface area contributed by atoms with Gasteiger partial charge in [-0.2, -0.15) is 9.97 Å². The van der Waals surface area contributed by atoms with Crippen molar-refractivity contribution in [2.45, 2.75) is 95.5 Å². The third-order valence-electron chi connectivity index (χ3n) is 9.33. The number of piperazine rings is 1. The fourth-order valence-electron chi connectivity index (χ4n) is 7.46. The predicted molar refractivity (Wildman–Crippen MR) is 164 cm³/mol. The van der Waals surface area contributed by atoms with E-state index in [0.717, 1.165) is 45.1 Å². The van der Waals surface area contributed by atoms with Crippen LogP contribution < -0.4 is 9.64 Å². The van der Waals surface area contributed by atoms with E-state index in [1.807, 2.05) is 25.7 Å². The summed E-state index contributed by atoms with van der Waals surface area (Å²) in [6, 6.07) is 0.109. The van der Waals surface area contributed by atoms with Crippen molar-refractivity contribution in [1.29, 1.82) is 0 Å². The molecule has 2 aromatic heterocycles. The van der Waals surface area contributed by atoms with Crippen molar-refractivity contribution in [3.8, 4) is 6.01 Å². The Hall–Kier alpha value is -3.03. The summed E-state index contributed by atoms with van der Waals surface area (Å²) in [6.07, 6.45) is 6.65. The van der Waals surface area contributed by atoms with Crippen LogP contribution in [0.5, 0.6) is 6.01 Å². The highest BCUT2D eigenvalue weighted by molar-refractivity contribution is 6.30. The van der Waals surface area contributed by atoms with Crippen molar-refractivity contribution >= 4 is 40.4 Å². The Morgan fingerprint density at radius 1 is 1.13 bits per heavy atom. The number of hydrogen-bond donors (Lipinski definition) is 0. The van der Waals surface area contributed by atoms with Crippen LogP contribution in [0.25, 0.3) is 10.9 Å². The van der Waals surface area contributed by atoms with Gasteiger partial charge < -0.3 is 23.8 Å². The Kier molecular flexibility index (Phi) is 8.97. The fourth-order valence-corrected chi connectivity index (χ4v) is 7.60. The lowest BCUT2D eigenvalue weighted by Gasteiger charge is -2.42. The van der Waals surface area contributed by atoms with Crippen molar-refractivity contribution in [1.82, 2.24) is 24.8 Å². The molecule has 0 N–H and O–H groups in total. The summed E-state index contributed by atoms with van der Waals surface area (Å²) in [5.41, 5.74) is -0.758. The Morgan fingerprint density at radius 2 is 1.89 bits per heavy atom. The van der Waals surface area contributed by atoms with E-state index in [9.17, 15) is 9.59 Å². The van der Waals surface area contributed by atoms with Crippen molar-refractivity contribution in [2.24, 2.45) is 0 Å². The van der Waals surface area contributed by atoms with Gasteiger partial charge in [-0.25, -0.2) is 19.0 Å². The standard InChI is InChI=1S/C31H42ClFN6O6/c1-5-43-23(40)17-42-16-21-9-11-31(10-6-12-38(21)31)18-44-28-35-25-22(13-34-26(32)24(25)33)27(36-28)37-14-19-7-8-20(15-37)39(19)29(41)45-30(2,3)4/h13,19-21H,5-12,14-18H2,1-4H3/t19?,20?,21-,31-/m0/s1. The molecule has 4 aliphatic rings. The first kappa shape index (κ1) is 31.9. The van der Waals surface area contributed by atoms with E-state index in [1.165, 1.54) is 6.20 Å². The maximum atomic E-state index is 15.4. The Labute approximate surface area is 267 Å². The summed E-state index contributed by atoms with van der Waals surface area (Å²) in [7, 11) is 0. The van der Waals surface area contributed by atoms with E-state index in [-0.39, 0.29) is 59.0 Å². The SMILES string of the molecule is CCOC(=O)COC[C@@H]1CC[C@]2(COc3nc(N4CC5CCC(C4)N5C(=O)OC(C)(C)C)c4cnc(Cl)c(F)c4n3)CCCN12. The van der Waals surface area contributed by atoms with E-state index in [4.69, 9.17) is 35.5 Å². The van der Waals surface area contributed by atoms with Gasteiger partial charge >= 0.3 is 18.1 Å². The van der Waals surface area contributed by atoms with Crippen LogP contribution >= 0.6 is 11.6 Å². The molecule has 0 aromatic carbocycles. The maximum Gasteiger partial charge on any atom is 0.410 e. The second-order valence-electron chi connectivity index (χ2n) is 13.5. The summed E-state index contributed by atoms with van der Waals surface area (Å²) in [5.74, 6) is -0.577. The molecule has 6 rings (SSSR count). The molecule has 4 fully saturated rings. The number of ether oxygens (including phenoxy) is 4. The Bertz CT molecular complexity index is 1430. The van der Waals surface area contributed by atoms with Gasteiger partial charge in [-0.3, -0.25) is 9.80 Å². The second-order valence-corrected chi connectivity index (χ2v) is 13.8. The van der Waals surface area contributed by atoms with Gasteiger partial charge in [-0.15, -0.1) is 0 Å². The van der Waals surface area contributed by atoms with Gasteiger partial charge in [0.25, 0.3) is 0 Å². The smallest absolute Gasteiger partial charge is 0.410 e. The largest absolute Gasteiger partial charge is 0.464 e. The minimum atomic E-state index is -0.724. The lowest BCUT2D eigenvalue weighted by molar-refractivity contribution is -0.149. The minimum Gasteiger partial charge on any atom is -0.464 e. The fraction of sp³-hybridized carbons (Fsp3) is 0.710. The van der Waals surface area contributed by atoms with Crippen molar-refractivity contribution in [3.05, 3.63) is 17.2 Å². The molecule has 0 radical (unpaired) electrons. The molecule has 4 saturated heterocycles. The van der Waals surface area contributed by atoms with Crippen LogP contribution in [-0.4, -0.2) is 112 Å². The van der Waals surface area contributed by atoms with Crippen LogP contribution in [0.4, 0.5) is 15.0 Å². The minimum absolute atomic E-state index is 0.0503. The van der Waals surface area contributed by atoms with Crippen LogP contribution in [0.3, 0.4) is 0 Å². The zero-order chi connectivity index (χ0) is 31.9. The van der Waals surface area contributed by atoms with Gasteiger partial charge in [0.05, 0.1) is 36.2 Å². The number of nitrogens with zero attached hydrogens (tertiary/aromatic N) is 6. The number of amides is 1. The quantitative estimate of drug-likeness (QED) is 0.285. The van der Waals surface area contributed by atoms with Crippen molar-refractivity contribution in [3.63, 3.8) is 0 Å². The van der Waals surface area contributed by atoms with Crippen LogP contribution in [0.15, 0.2) is 6.20 Å². The molecule has 45 heavy (non-hydrogen) atoms. The highest BCUT2D eigenvalue weighted by atomic mass is 35.5. The van der Waals surface area contributed by atoms with E-state index >= 15 is 4.39 Å². The molecule has 2 bridgehead atoms. The molecule has 12 nitrogen and oxygen atoms in total. The number of fused-ring (bicyclic) bond motifs is 4. The molecule has 14 heteroatoms. The molecule has 0 saturated carbocycles. The molecule has 6 heterocycles. The number of pyridine rings is 1. The highest BCUT2D eigenvalue weighted by Crippen LogP contribution is 2.43. The molecule has 246 valence electrons. The zero-order valence-electron chi connectivity index (χ0n) is 26.4. The number of carbonyl (C=O) groups is 2. The number of hydrogen-bond acceptors (Lipinski definition) is 11. The van der Waals surface area contributed by atoms with Crippen LogP contribution in [0, 0.1) is 5.82 Å². The molecule has 4 atom stereocenters. The van der Waals surface area contributed by atoms with E-state index < -0.39 is 11.4 Å².